The molecule has 0 saturated heterocycles. The van der Waals surface area contributed by atoms with Gasteiger partial charge in [0.25, 0.3) is 0 Å². The van der Waals surface area contributed by atoms with Crippen LogP contribution in [0.5, 0.6) is 0 Å². The Morgan fingerprint density at radius 1 is 1.11 bits per heavy atom. The van der Waals surface area contributed by atoms with Crippen LogP contribution in [0.4, 0.5) is 10.1 Å². The summed E-state index contributed by atoms with van der Waals surface area (Å²) in [4.78, 5) is 1.93. The summed E-state index contributed by atoms with van der Waals surface area (Å²) in [6, 6.07) is 16.7. The van der Waals surface area contributed by atoms with Crippen molar-refractivity contribution in [3.63, 3.8) is 0 Å². The predicted octanol–water partition coefficient (Wildman–Crippen LogP) is 4.48. The van der Waals surface area contributed by atoms with Crippen molar-refractivity contribution in [3.8, 4) is 0 Å². The van der Waals surface area contributed by atoms with E-state index in [0.29, 0.717) is 11.3 Å². The lowest BCUT2D eigenvalue weighted by atomic mass is 10.2. The van der Waals surface area contributed by atoms with Crippen molar-refractivity contribution in [1.29, 1.82) is 0 Å². The number of hydrogen-bond acceptors (Lipinski definition) is 2. The number of hydrogen-bond donors (Lipinski definition) is 0. The third kappa shape index (κ3) is 3.78. The first-order valence-electron chi connectivity index (χ1n) is 5.87. The first-order chi connectivity index (χ1) is 9.18. The van der Waals surface area contributed by atoms with Gasteiger partial charge in [0.1, 0.15) is 10.1 Å². The van der Waals surface area contributed by atoms with Gasteiger partial charge < -0.3 is 4.90 Å². The van der Waals surface area contributed by atoms with E-state index in [-0.39, 0.29) is 5.82 Å². The summed E-state index contributed by atoms with van der Waals surface area (Å²) in [5.41, 5.74) is 1.71. The molecule has 0 spiro atoms. The molecule has 0 aliphatic carbocycles. The van der Waals surface area contributed by atoms with Crippen LogP contribution in [0.15, 0.2) is 54.6 Å². The van der Waals surface area contributed by atoms with Gasteiger partial charge in [-0.15, -0.1) is 0 Å². The fourth-order valence-electron chi connectivity index (χ4n) is 1.61. The molecule has 0 fully saturated rings. The lowest BCUT2D eigenvalue weighted by Crippen LogP contribution is -2.21. The van der Waals surface area contributed by atoms with Crippen molar-refractivity contribution in [2.75, 3.05) is 11.9 Å². The Morgan fingerprint density at radius 2 is 1.74 bits per heavy atom. The van der Waals surface area contributed by atoms with Crippen molar-refractivity contribution in [2.45, 2.75) is 5.75 Å². The van der Waals surface area contributed by atoms with Gasteiger partial charge in [0.2, 0.25) is 0 Å². The van der Waals surface area contributed by atoms with Crippen molar-refractivity contribution in [1.82, 2.24) is 0 Å². The second-order valence-corrected chi connectivity index (χ2v) is 5.65. The van der Waals surface area contributed by atoms with Gasteiger partial charge in [0.15, 0.2) is 0 Å². The molecule has 0 amide bonds. The summed E-state index contributed by atoms with van der Waals surface area (Å²) in [6.07, 6.45) is 0. The van der Waals surface area contributed by atoms with Crippen LogP contribution in [0.3, 0.4) is 0 Å². The summed E-state index contributed by atoms with van der Waals surface area (Å²) in [5.74, 6) is 0.364. The Balaban J connectivity index is 1.97. The van der Waals surface area contributed by atoms with Gasteiger partial charge in [-0.1, -0.05) is 60.4 Å². The third-order valence-electron chi connectivity index (χ3n) is 2.73. The van der Waals surface area contributed by atoms with Gasteiger partial charge in [0, 0.05) is 18.5 Å². The van der Waals surface area contributed by atoms with Gasteiger partial charge >= 0.3 is 0 Å². The van der Waals surface area contributed by atoms with Gasteiger partial charge in [-0.2, -0.15) is 0 Å². The minimum absolute atomic E-state index is 0.180. The van der Waals surface area contributed by atoms with Crippen LogP contribution in [0.1, 0.15) is 5.56 Å². The van der Waals surface area contributed by atoms with Gasteiger partial charge in [0.05, 0.1) is 0 Å². The van der Waals surface area contributed by atoms with E-state index in [1.165, 1.54) is 17.8 Å². The van der Waals surface area contributed by atoms with Crippen LogP contribution in [0, 0.1) is 5.82 Å². The highest BCUT2D eigenvalue weighted by Crippen LogP contribution is 2.21. The minimum Gasteiger partial charge on any atom is -0.330 e. The largest absolute Gasteiger partial charge is 0.330 e. The Kier molecular flexibility index (Phi) is 4.93. The number of rotatable bonds is 3. The quantitative estimate of drug-likeness (QED) is 0.768. The monoisotopic (exact) mass is 291 g/mol. The lowest BCUT2D eigenvalue weighted by molar-refractivity contribution is 0.617. The van der Waals surface area contributed by atoms with Crippen molar-refractivity contribution in [2.24, 2.45) is 0 Å². The predicted molar refractivity (Wildman–Crippen MR) is 85.1 cm³/mol. The molecule has 0 unspecified atom stereocenters. The topological polar surface area (TPSA) is 3.24 Å². The molecule has 0 bridgehead atoms. The van der Waals surface area contributed by atoms with Crippen LogP contribution < -0.4 is 4.90 Å². The smallest absolute Gasteiger partial charge is 0.140 e. The fourth-order valence-corrected chi connectivity index (χ4v) is 2.70. The Labute approximate surface area is 122 Å². The zero-order valence-corrected chi connectivity index (χ0v) is 12.2. The van der Waals surface area contributed by atoms with E-state index in [2.05, 4.69) is 0 Å². The van der Waals surface area contributed by atoms with E-state index in [0.717, 1.165) is 10.0 Å². The zero-order chi connectivity index (χ0) is 13.7. The second kappa shape index (κ2) is 6.68. The number of thioether (sulfide) groups is 1. The first-order valence-corrected chi connectivity index (χ1v) is 7.27. The average Bonchev–Trinajstić information content (AvgIpc) is 2.46. The highest BCUT2D eigenvalue weighted by Gasteiger charge is 2.09. The fraction of sp³-hybridized carbons (Fsp3) is 0.133. The van der Waals surface area contributed by atoms with E-state index in [9.17, 15) is 4.39 Å². The highest BCUT2D eigenvalue weighted by molar-refractivity contribution is 8.22. The zero-order valence-electron chi connectivity index (χ0n) is 10.5. The highest BCUT2D eigenvalue weighted by atomic mass is 32.2. The molecule has 0 saturated carbocycles. The maximum absolute atomic E-state index is 13.5. The summed E-state index contributed by atoms with van der Waals surface area (Å²) in [6.45, 7) is 0. The van der Waals surface area contributed by atoms with E-state index in [4.69, 9.17) is 12.2 Å². The molecule has 0 aliphatic rings. The molecule has 0 atom stereocenters. The molecular formula is C15H14FNS2. The molecule has 19 heavy (non-hydrogen) atoms. The van der Waals surface area contributed by atoms with E-state index in [1.54, 1.807) is 12.1 Å². The van der Waals surface area contributed by atoms with Crippen molar-refractivity contribution in [3.05, 3.63) is 66.0 Å². The number of halogens is 1. The number of nitrogens with zero attached hydrogens (tertiary/aromatic N) is 1. The summed E-state index contributed by atoms with van der Waals surface area (Å²) < 4.78 is 14.2. The molecular weight excluding hydrogens is 277 g/mol. The molecule has 0 N–H and O–H groups in total. The van der Waals surface area contributed by atoms with Crippen LogP contribution >= 0.6 is 24.0 Å². The van der Waals surface area contributed by atoms with Crippen LogP contribution in [-0.4, -0.2) is 11.4 Å². The average molecular weight is 291 g/mol. The molecule has 2 rings (SSSR count). The van der Waals surface area contributed by atoms with Crippen LogP contribution in [-0.2, 0) is 5.75 Å². The van der Waals surface area contributed by atoms with Crippen molar-refractivity contribution < 1.29 is 4.39 Å². The molecule has 0 radical (unpaired) electrons. The molecule has 0 aromatic heterocycles. The molecule has 2 aromatic carbocycles. The normalized spacial score (nSPS) is 10.2. The van der Waals surface area contributed by atoms with E-state index in [1.807, 2.05) is 48.3 Å². The molecule has 0 heterocycles. The second-order valence-electron chi connectivity index (χ2n) is 4.04. The van der Waals surface area contributed by atoms with E-state index >= 15 is 0 Å². The van der Waals surface area contributed by atoms with Crippen LogP contribution in [0.25, 0.3) is 0 Å². The maximum Gasteiger partial charge on any atom is 0.140 e. The number of thiocarbonyl (C=S) groups is 1. The first kappa shape index (κ1) is 14.0. The lowest BCUT2D eigenvalue weighted by Gasteiger charge is -2.19. The minimum atomic E-state index is -0.180. The molecule has 1 nitrogen and oxygen atoms in total. The number of para-hydroxylation sites is 1. The van der Waals surface area contributed by atoms with Gasteiger partial charge in [-0.3, -0.25) is 0 Å². The standard InChI is InChI=1S/C15H14FNS2/c1-17(13-8-3-2-4-9-13)15(18)19-11-12-7-5-6-10-14(12)16/h2-10H,11H2,1H3. The van der Waals surface area contributed by atoms with Gasteiger partial charge in [-0.05, 0) is 23.8 Å². The summed E-state index contributed by atoms with van der Waals surface area (Å²) >= 11 is 6.83. The van der Waals surface area contributed by atoms with Crippen molar-refractivity contribution >= 4 is 34.0 Å². The SMILES string of the molecule is CN(C(=S)SCc1ccccc1F)c1ccccc1. The Morgan fingerprint density at radius 3 is 2.42 bits per heavy atom. The van der Waals surface area contributed by atoms with E-state index < -0.39 is 0 Å². The Hall–Kier alpha value is -1.39. The van der Waals surface area contributed by atoms with Gasteiger partial charge in [-0.25, -0.2) is 4.39 Å². The maximum atomic E-state index is 13.5. The summed E-state index contributed by atoms with van der Waals surface area (Å²) in [7, 11) is 1.92. The molecule has 4 heteroatoms. The molecule has 0 aliphatic heterocycles. The number of benzene rings is 2. The summed E-state index contributed by atoms with van der Waals surface area (Å²) in [5, 5.41) is 0. The van der Waals surface area contributed by atoms with Crippen LogP contribution in [0.2, 0.25) is 0 Å². The number of anilines is 1. The Bertz CT molecular complexity index is 557. The molecule has 2 aromatic rings. The third-order valence-corrected chi connectivity index (χ3v) is 4.33. The molecule has 98 valence electrons.